The second-order valence-electron chi connectivity index (χ2n) is 5.57. The summed E-state index contributed by atoms with van der Waals surface area (Å²) in [4.78, 5) is 22.8. The van der Waals surface area contributed by atoms with Gasteiger partial charge in [0.1, 0.15) is 18.8 Å². The normalized spacial score (nSPS) is 11.6. The Morgan fingerprint density at radius 2 is 1.74 bits per heavy atom. The van der Waals surface area contributed by atoms with Crippen molar-refractivity contribution in [2.75, 3.05) is 6.54 Å². The number of carbonyl (C=O) groups excluding carboxylic acids is 2. The van der Waals surface area contributed by atoms with Crippen LogP contribution in [0, 0.1) is 0 Å². The molecule has 0 radical (unpaired) electrons. The van der Waals surface area contributed by atoms with Crippen molar-refractivity contribution in [1.82, 2.24) is 9.44 Å². The third-order valence-electron chi connectivity index (χ3n) is 2.27. The van der Waals surface area contributed by atoms with Crippen molar-refractivity contribution in [2.24, 2.45) is 0 Å². The predicted octanol–water partition coefficient (Wildman–Crippen LogP) is 1.09. The van der Waals surface area contributed by atoms with Gasteiger partial charge >= 0.3 is 22.3 Å². The molecule has 0 bridgehead atoms. The fourth-order valence-electron chi connectivity index (χ4n) is 1.39. The first-order chi connectivity index (χ1) is 10.6. The molecule has 0 heterocycles. The minimum Gasteiger partial charge on any atom is -0.460 e. The van der Waals surface area contributed by atoms with Gasteiger partial charge in [0.15, 0.2) is 0 Å². The molecule has 0 fully saturated rings. The van der Waals surface area contributed by atoms with Crippen molar-refractivity contribution < 1.29 is 27.5 Å². The molecule has 0 aliphatic carbocycles. The minimum atomic E-state index is -4.21. The fourth-order valence-corrected chi connectivity index (χ4v) is 2.03. The lowest BCUT2D eigenvalue weighted by molar-refractivity contribution is -0.143. The number of benzene rings is 1. The molecule has 1 amide bonds. The maximum Gasteiger partial charge on any atom is 0.422 e. The van der Waals surface area contributed by atoms with Crippen LogP contribution in [0.5, 0.6) is 0 Å². The molecule has 0 aliphatic rings. The molecule has 0 saturated carbocycles. The van der Waals surface area contributed by atoms with E-state index in [0.29, 0.717) is 0 Å². The number of hydrogen-bond donors (Lipinski definition) is 2. The third kappa shape index (κ3) is 8.79. The van der Waals surface area contributed by atoms with Crippen molar-refractivity contribution in [1.29, 1.82) is 0 Å². The highest BCUT2D eigenvalue weighted by molar-refractivity contribution is 7.88. The zero-order valence-corrected chi connectivity index (χ0v) is 14.0. The predicted molar refractivity (Wildman–Crippen MR) is 82.5 cm³/mol. The summed E-state index contributed by atoms with van der Waals surface area (Å²) in [5.74, 6) is -0.775. The standard InChI is InChI=1S/C14H20N2O6S/c1-14(2,3)22-13(18)16-23(19,20)15-9-12(17)21-10-11-7-5-4-6-8-11/h4-8,15H,9-10H2,1-3H3,(H,16,18). The first-order valence-corrected chi connectivity index (χ1v) is 8.26. The van der Waals surface area contributed by atoms with Gasteiger partial charge in [0.05, 0.1) is 0 Å². The maximum absolute atomic E-state index is 11.6. The third-order valence-corrected chi connectivity index (χ3v) is 3.23. The topological polar surface area (TPSA) is 111 Å². The van der Waals surface area contributed by atoms with E-state index >= 15 is 0 Å². The monoisotopic (exact) mass is 344 g/mol. The molecule has 1 rings (SSSR count). The van der Waals surface area contributed by atoms with Gasteiger partial charge in [0.25, 0.3) is 0 Å². The van der Waals surface area contributed by atoms with E-state index in [1.54, 1.807) is 49.8 Å². The maximum atomic E-state index is 11.6. The SMILES string of the molecule is CC(C)(C)OC(=O)NS(=O)(=O)NCC(=O)OCc1ccccc1. The van der Waals surface area contributed by atoms with Crippen molar-refractivity contribution in [3.8, 4) is 0 Å². The van der Waals surface area contributed by atoms with E-state index < -0.39 is 34.4 Å². The summed E-state index contributed by atoms with van der Waals surface area (Å²) in [6.45, 7) is 4.20. The highest BCUT2D eigenvalue weighted by atomic mass is 32.2. The molecule has 0 aliphatic heterocycles. The molecule has 0 spiro atoms. The molecule has 128 valence electrons. The van der Waals surface area contributed by atoms with Gasteiger partial charge in [0.2, 0.25) is 0 Å². The van der Waals surface area contributed by atoms with Gasteiger partial charge in [-0.15, -0.1) is 0 Å². The van der Waals surface area contributed by atoms with Crippen molar-refractivity contribution in [2.45, 2.75) is 33.0 Å². The molecule has 0 unspecified atom stereocenters. The Hall–Kier alpha value is -2.13. The van der Waals surface area contributed by atoms with Crippen LogP contribution in [0.4, 0.5) is 4.79 Å². The number of carbonyl (C=O) groups is 2. The Kier molecular flexibility index (Phi) is 6.52. The number of esters is 1. The smallest absolute Gasteiger partial charge is 0.422 e. The second kappa shape index (κ2) is 7.93. The Balaban J connectivity index is 2.37. The molecule has 2 N–H and O–H groups in total. The van der Waals surface area contributed by atoms with Gasteiger partial charge in [-0.05, 0) is 26.3 Å². The van der Waals surface area contributed by atoms with Crippen LogP contribution in [-0.4, -0.2) is 32.6 Å². The average molecular weight is 344 g/mol. The van der Waals surface area contributed by atoms with E-state index in [-0.39, 0.29) is 6.61 Å². The summed E-state index contributed by atoms with van der Waals surface area (Å²) in [6, 6.07) is 8.93. The first-order valence-electron chi connectivity index (χ1n) is 6.77. The van der Waals surface area contributed by atoms with Crippen molar-refractivity contribution in [3.05, 3.63) is 35.9 Å². The zero-order chi connectivity index (χ0) is 17.5. The van der Waals surface area contributed by atoms with Crippen LogP contribution in [0.15, 0.2) is 30.3 Å². The lowest BCUT2D eigenvalue weighted by Crippen LogP contribution is -2.44. The highest BCUT2D eigenvalue weighted by Crippen LogP contribution is 2.06. The van der Waals surface area contributed by atoms with E-state index in [1.165, 1.54) is 0 Å². The summed E-state index contributed by atoms with van der Waals surface area (Å²) >= 11 is 0. The lowest BCUT2D eigenvalue weighted by atomic mass is 10.2. The molecule has 1 aromatic rings. The Morgan fingerprint density at radius 1 is 1.13 bits per heavy atom. The summed E-state index contributed by atoms with van der Waals surface area (Å²) in [5.41, 5.74) is -0.0654. The number of nitrogens with one attached hydrogen (secondary N) is 2. The van der Waals surface area contributed by atoms with Gasteiger partial charge in [-0.1, -0.05) is 30.3 Å². The Morgan fingerprint density at radius 3 is 2.30 bits per heavy atom. The van der Waals surface area contributed by atoms with Crippen LogP contribution < -0.4 is 9.44 Å². The van der Waals surface area contributed by atoms with Crippen LogP contribution in [0.3, 0.4) is 0 Å². The molecular formula is C14H20N2O6S. The molecule has 0 atom stereocenters. The second-order valence-corrected chi connectivity index (χ2v) is 7.07. The Bertz CT molecular complexity index is 637. The van der Waals surface area contributed by atoms with E-state index in [9.17, 15) is 18.0 Å². The van der Waals surface area contributed by atoms with E-state index in [2.05, 4.69) is 0 Å². The first kappa shape index (κ1) is 18.9. The fraction of sp³-hybridized carbons (Fsp3) is 0.429. The van der Waals surface area contributed by atoms with Crippen LogP contribution in [0.2, 0.25) is 0 Å². The van der Waals surface area contributed by atoms with Crippen molar-refractivity contribution in [3.63, 3.8) is 0 Å². The zero-order valence-electron chi connectivity index (χ0n) is 13.2. The van der Waals surface area contributed by atoms with E-state index in [1.807, 2.05) is 10.8 Å². The molecule has 8 nitrogen and oxygen atoms in total. The molecule has 9 heteroatoms. The van der Waals surface area contributed by atoms with E-state index in [4.69, 9.17) is 9.47 Å². The minimum absolute atomic E-state index is 0.0287. The molecule has 1 aromatic carbocycles. The van der Waals surface area contributed by atoms with Gasteiger partial charge in [0, 0.05) is 0 Å². The molecule has 0 aromatic heterocycles. The summed E-state index contributed by atoms with van der Waals surface area (Å²) in [6.07, 6.45) is -1.14. The number of amides is 1. The van der Waals surface area contributed by atoms with Crippen LogP contribution in [0.1, 0.15) is 26.3 Å². The van der Waals surface area contributed by atoms with Gasteiger partial charge in [-0.25, -0.2) is 9.52 Å². The van der Waals surface area contributed by atoms with Crippen LogP contribution in [-0.2, 0) is 31.1 Å². The van der Waals surface area contributed by atoms with Crippen LogP contribution in [0.25, 0.3) is 0 Å². The van der Waals surface area contributed by atoms with Gasteiger partial charge in [-0.3, -0.25) is 4.79 Å². The summed E-state index contributed by atoms with van der Waals surface area (Å²) < 4.78 is 36.4. The molecular weight excluding hydrogens is 324 g/mol. The van der Waals surface area contributed by atoms with Gasteiger partial charge < -0.3 is 9.47 Å². The number of rotatable bonds is 6. The highest BCUT2D eigenvalue weighted by Gasteiger charge is 2.21. The van der Waals surface area contributed by atoms with Crippen LogP contribution >= 0.6 is 0 Å². The number of hydrogen-bond acceptors (Lipinski definition) is 6. The average Bonchev–Trinajstić information content (AvgIpc) is 2.41. The van der Waals surface area contributed by atoms with E-state index in [0.717, 1.165) is 5.56 Å². The van der Waals surface area contributed by atoms with Crippen molar-refractivity contribution >= 4 is 22.3 Å². The molecule has 0 saturated heterocycles. The summed E-state index contributed by atoms with van der Waals surface area (Å²) in [7, 11) is -4.21. The quantitative estimate of drug-likeness (QED) is 0.747. The largest absolute Gasteiger partial charge is 0.460 e. The van der Waals surface area contributed by atoms with Gasteiger partial charge in [-0.2, -0.15) is 13.1 Å². The lowest BCUT2D eigenvalue weighted by Gasteiger charge is -2.19. The Labute approximate surface area is 135 Å². The number of ether oxygens (including phenoxy) is 2. The molecule has 23 heavy (non-hydrogen) atoms. The summed E-state index contributed by atoms with van der Waals surface area (Å²) in [5, 5.41) is 0.